The van der Waals surface area contributed by atoms with Crippen molar-refractivity contribution in [3.63, 3.8) is 0 Å². The Bertz CT molecular complexity index is 350. The van der Waals surface area contributed by atoms with Gasteiger partial charge in [0, 0.05) is 12.6 Å². The van der Waals surface area contributed by atoms with Crippen molar-refractivity contribution in [3.8, 4) is 0 Å². The second-order valence-corrected chi connectivity index (χ2v) is 5.51. The molecule has 1 fully saturated rings. The lowest BCUT2D eigenvalue weighted by molar-refractivity contribution is 0.285. The van der Waals surface area contributed by atoms with Gasteiger partial charge in [0.2, 0.25) is 0 Å². The average Bonchev–Trinajstić information content (AvgIpc) is 2.89. The standard InChI is InChI=1S/C11H17ClN2OS/c1-2-14(8-5-3-4-6-8)11-13-10(12)9(7-15)16-11/h8,15H,2-7H2,1H3. The molecular formula is C11H17ClN2OS. The van der Waals surface area contributed by atoms with E-state index in [0.717, 1.165) is 16.6 Å². The molecule has 0 radical (unpaired) electrons. The molecule has 1 saturated carbocycles. The van der Waals surface area contributed by atoms with Gasteiger partial charge in [0.15, 0.2) is 5.13 Å². The molecule has 2 rings (SSSR count). The Kier molecular flexibility index (Phi) is 4.05. The maximum absolute atomic E-state index is 9.12. The van der Waals surface area contributed by atoms with Crippen molar-refractivity contribution >= 4 is 28.1 Å². The molecule has 5 heteroatoms. The highest BCUT2D eigenvalue weighted by molar-refractivity contribution is 7.16. The fourth-order valence-electron chi connectivity index (χ4n) is 2.31. The summed E-state index contributed by atoms with van der Waals surface area (Å²) in [6.07, 6.45) is 5.12. The lowest BCUT2D eigenvalue weighted by Crippen LogP contribution is -2.32. The van der Waals surface area contributed by atoms with Gasteiger partial charge in [0.25, 0.3) is 0 Å². The summed E-state index contributed by atoms with van der Waals surface area (Å²) in [5.41, 5.74) is 0. The summed E-state index contributed by atoms with van der Waals surface area (Å²) in [4.78, 5) is 7.44. The Morgan fingerprint density at radius 1 is 1.50 bits per heavy atom. The normalized spacial score (nSPS) is 16.9. The van der Waals surface area contributed by atoms with Crippen molar-refractivity contribution in [2.45, 2.75) is 45.3 Å². The lowest BCUT2D eigenvalue weighted by Gasteiger charge is -2.26. The summed E-state index contributed by atoms with van der Waals surface area (Å²) < 4.78 is 0. The average molecular weight is 261 g/mol. The molecule has 0 aliphatic heterocycles. The zero-order valence-electron chi connectivity index (χ0n) is 9.45. The summed E-state index contributed by atoms with van der Waals surface area (Å²) in [6, 6.07) is 0.610. The predicted octanol–water partition coefficient (Wildman–Crippen LogP) is 3.06. The zero-order chi connectivity index (χ0) is 11.5. The van der Waals surface area contributed by atoms with Crippen LogP contribution in [0.5, 0.6) is 0 Å². The lowest BCUT2D eigenvalue weighted by atomic mass is 10.2. The quantitative estimate of drug-likeness (QED) is 0.904. The minimum Gasteiger partial charge on any atom is -0.391 e. The van der Waals surface area contributed by atoms with Crippen LogP contribution < -0.4 is 4.90 Å². The largest absolute Gasteiger partial charge is 0.391 e. The first-order chi connectivity index (χ1) is 7.76. The van der Waals surface area contributed by atoms with Crippen molar-refractivity contribution in [2.75, 3.05) is 11.4 Å². The van der Waals surface area contributed by atoms with Crippen LogP contribution in [-0.4, -0.2) is 22.7 Å². The van der Waals surface area contributed by atoms with Crippen molar-refractivity contribution in [1.82, 2.24) is 4.98 Å². The maximum Gasteiger partial charge on any atom is 0.187 e. The Labute approximate surface area is 105 Å². The number of nitrogens with zero attached hydrogens (tertiary/aromatic N) is 2. The first kappa shape index (κ1) is 12.1. The Balaban J connectivity index is 2.18. The number of aromatic nitrogens is 1. The van der Waals surface area contributed by atoms with E-state index in [2.05, 4.69) is 16.8 Å². The molecule has 1 aliphatic rings. The van der Waals surface area contributed by atoms with E-state index >= 15 is 0 Å². The summed E-state index contributed by atoms with van der Waals surface area (Å²) in [7, 11) is 0. The first-order valence-electron chi connectivity index (χ1n) is 5.79. The van der Waals surface area contributed by atoms with Crippen molar-refractivity contribution < 1.29 is 5.11 Å². The molecule has 0 bridgehead atoms. The molecule has 0 spiro atoms. The molecule has 0 saturated heterocycles. The second kappa shape index (κ2) is 5.34. The van der Waals surface area contributed by atoms with Crippen molar-refractivity contribution in [2.24, 2.45) is 0 Å². The third kappa shape index (κ3) is 2.34. The van der Waals surface area contributed by atoms with E-state index in [4.69, 9.17) is 16.7 Å². The third-order valence-corrected chi connectivity index (χ3v) is 4.64. The number of rotatable bonds is 4. The molecule has 0 aromatic carbocycles. The predicted molar refractivity (Wildman–Crippen MR) is 68.3 cm³/mol. The molecule has 3 nitrogen and oxygen atoms in total. The van der Waals surface area contributed by atoms with Crippen LogP contribution in [0.4, 0.5) is 5.13 Å². The molecule has 90 valence electrons. The van der Waals surface area contributed by atoms with Gasteiger partial charge in [0.05, 0.1) is 11.5 Å². The minimum absolute atomic E-state index is 0.0152. The molecule has 1 N–H and O–H groups in total. The highest BCUT2D eigenvalue weighted by Crippen LogP contribution is 2.34. The summed E-state index contributed by atoms with van der Waals surface area (Å²) in [5, 5.41) is 10.5. The number of hydrogen-bond acceptors (Lipinski definition) is 4. The molecular weight excluding hydrogens is 244 g/mol. The van der Waals surface area contributed by atoms with Crippen LogP contribution in [0.1, 0.15) is 37.5 Å². The van der Waals surface area contributed by atoms with Crippen LogP contribution in [0.15, 0.2) is 0 Å². The van der Waals surface area contributed by atoms with Gasteiger partial charge in [-0.1, -0.05) is 35.8 Å². The van der Waals surface area contributed by atoms with Gasteiger partial charge < -0.3 is 10.0 Å². The number of thiazole rings is 1. The van der Waals surface area contributed by atoms with Gasteiger partial charge in [-0.15, -0.1) is 0 Å². The van der Waals surface area contributed by atoms with E-state index in [1.54, 1.807) is 0 Å². The smallest absolute Gasteiger partial charge is 0.187 e. The SMILES string of the molecule is CCN(c1nc(Cl)c(CO)s1)C1CCCC1. The van der Waals surface area contributed by atoms with Gasteiger partial charge in [0.1, 0.15) is 5.15 Å². The molecule has 0 amide bonds. The van der Waals surface area contributed by atoms with E-state index in [0.29, 0.717) is 11.2 Å². The van der Waals surface area contributed by atoms with E-state index in [1.807, 2.05) is 0 Å². The van der Waals surface area contributed by atoms with Crippen LogP contribution in [0.3, 0.4) is 0 Å². The Morgan fingerprint density at radius 2 is 2.19 bits per heavy atom. The third-order valence-electron chi connectivity index (χ3n) is 3.13. The van der Waals surface area contributed by atoms with E-state index < -0.39 is 0 Å². The monoisotopic (exact) mass is 260 g/mol. The van der Waals surface area contributed by atoms with Crippen LogP contribution in [0, 0.1) is 0 Å². The topological polar surface area (TPSA) is 36.4 Å². The van der Waals surface area contributed by atoms with Gasteiger partial charge in [-0.05, 0) is 19.8 Å². The fraction of sp³-hybridized carbons (Fsp3) is 0.727. The molecule has 1 aliphatic carbocycles. The summed E-state index contributed by atoms with van der Waals surface area (Å²) in [6.45, 7) is 3.09. The zero-order valence-corrected chi connectivity index (χ0v) is 11.0. The van der Waals surface area contributed by atoms with Gasteiger partial charge in [-0.2, -0.15) is 0 Å². The van der Waals surface area contributed by atoms with Crippen molar-refractivity contribution in [3.05, 3.63) is 10.0 Å². The minimum atomic E-state index is -0.0152. The Morgan fingerprint density at radius 3 is 2.69 bits per heavy atom. The number of anilines is 1. The highest BCUT2D eigenvalue weighted by atomic mass is 35.5. The van der Waals surface area contributed by atoms with Crippen LogP contribution in [0.25, 0.3) is 0 Å². The van der Waals surface area contributed by atoms with Gasteiger partial charge >= 0.3 is 0 Å². The Hall–Kier alpha value is -0.320. The second-order valence-electron chi connectivity index (χ2n) is 4.09. The number of halogens is 1. The van der Waals surface area contributed by atoms with Crippen molar-refractivity contribution in [1.29, 1.82) is 0 Å². The van der Waals surface area contributed by atoms with Gasteiger partial charge in [-0.25, -0.2) is 4.98 Å². The first-order valence-corrected chi connectivity index (χ1v) is 6.98. The summed E-state index contributed by atoms with van der Waals surface area (Å²) in [5.74, 6) is 0. The van der Waals surface area contributed by atoms with Crippen LogP contribution in [0.2, 0.25) is 5.15 Å². The van der Waals surface area contributed by atoms with Crippen LogP contribution >= 0.6 is 22.9 Å². The highest BCUT2D eigenvalue weighted by Gasteiger charge is 2.24. The van der Waals surface area contributed by atoms with Crippen LogP contribution in [-0.2, 0) is 6.61 Å². The number of aliphatic hydroxyl groups is 1. The fourth-order valence-corrected chi connectivity index (χ4v) is 3.56. The molecule has 1 heterocycles. The molecule has 0 atom stereocenters. The molecule has 0 unspecified atom stereocenters. The number of hydrogen-bond donors (Lipinski definition) is 1. The van der Waals surface area contributed by atoms with E-state index in [9.17, 15) is 0 Å². The summed E-state index contributed by atoms with van der Waals surface area (Å²) >= 11 is 7.48. The molecule has 1 aromatic heterocycles. The van der Waals surface area contributed by atoms with Gasteiger partial charge in [-0.3, -0.25) is 0 Å². The molecule has 16 heavy (non-hydrogen) atoms. The van der Waals surface area contributed by atoms with E-state index in [1.165, 1.54) is 37.0 Å². The van der Waals surface area contributed by atoms with E-state index in [-0.39, 0.29) is 6.61 Å². The number of aliphatic hydroxyl groups excluding tert-OH is 1. The maximum atomic E-state index is 9.12. The molecule has 1 aromatic rings.